The van der Waals surface area contributed by atoms with E-state index in [0.717, 1.165) is 5.56 Å². The number of hydrogen-bond donors (Lipinski definition) is 1. The molecule has 3 heterocycles. The van der Waals surface area contributed by atoms with Gasteiger partial charge in [-0.05, 0) is 17.7 Å². The Morgan fingerprint density at radius 3 is 2.75 bits per heavy atom. The lowest BCUT2D eigenvalue weighted by Gasteiger charge is -2.04. The van der Waals surface area contributed by atoms with Gasteiger partial charge in [0.25, 0.3) is 0 Å². The molecule has 0 aliphatic carbocycles. The fourth-order valence-corrected chi connectivity index (χ4v) is 2.19. The van der Waals surface area contributed by atoms with E-state index < -0.39 is 5.97 Å². The van der Waals surface area contributed by atoms with Crippen LogP contribution in [-0.2, 0) is 6.54 Å². The molecule has 0 saturated carbocycles. The molecule has 1 N–H and O–H groups in total. The number of aromatic nitrogens is 4. The molecular formula is C13H9ClN4O2. The molecule has 0 fully saturated rings. The quantitative estimate of drug-likeness (QED) is 0.799. The van der Waals surface area contributed by atoms with Gasteiger partial charge in [-0.1, -0.05) is 11.6 Å². The minimum Gasteiger partial charge on any atom is -0.478 e. The minimum absolute atomic E-state index is 0.0253. The Balaban J connectivity index is 2.06. The Labute approximate surface area is 118 Å². The molecule has 100 valence electrons. The van der Waals surface area contributed by atoms with Gasteiger partial charge >= 0.3 is 5.97 Å². The van der Waals surface area contributed by atoms with E-state index in [1.165, 1.54) is 12.4 Å². The summed E-state index contributed by atoms with van der Waals surface area (Å²) in [6.45, 7) is 0.516. The smallest absolute Gasteiger partial charge is 0.338 e. The second-order valence-corrected chi connectivity index (χ2v) is 4.56. The van der Waals surface area contributed by atoms with Gasteiger partial charge in [-0.2, -0.15) is 5.10 Å². The van der Waals surface area contributed by atoms with Gasteiger partial charge in [-0.3, -0.25) is 4.98 Å². The first-order valence-corrected chi connectivity index (χ1v) is 6.17. The summed E-state index contributed by atoms with van der Waals surface area (Å²) in [7, 11) is 0. The Kier molecular flexibility index (Phi) is 3.08. The Bertz CT molecular complexity index is 786. The highest BCUT2D eigenvalue weighted by molar-refractivity contribution is 6.37. The average molecular weight is 289 g/mol. The fraction of sp³-hybridized carbons (Fsp3) is 0.0769. The maximum absolute atomic E-state index is 11.0. The molecule has 0 saturated heterocycles. The zero-order chi connectivity index (χ0) is 14.1. The monoisotopic (exact) mass is 288 g/mol. The first-order chi connectivity index (χ1) is 9.66. The standard InChI is InChI=1S/C13H9ClN4O2/c14-11-9-6-17-18(7-8-1-3-15-4-2-8)12(9)16-5-10(11)13(19)20/h1-6H,7H2,(H,19,20). The summed E-state index contributed by atoms with van der Waals surface area (Å²) in [5.74, 6) is -1.11. The lowest BCUT2D eigenvalue weighted by molar-refractivity contribution is 0.0697. The molecule has 3 aromatic heterocycles. The van der Waals surface area contributed by atoms with Gasteiger partial charge in [-0.25, -0.2) is 14.5 Å². The number of rotatable bonds is 3. The highest BCUT2D eigenvalue weighted by atomic mass is 35.5. The fourth-order valence-electron chi connectivity index (χ4n) is 1.92. The van der Waals surface area contributed by atoms with Crippen LogP contribution in [0.5, 0.6) is 0 Å². The molecule has 0 aliphatic rings. The molecule has 0 radical (unpaired) electrons. The van der Waals surface area contributed by atoms with Gasteiger partial charge in [0.15, 0.2) is 5.65 Å². The SMILES string of the molecule is O=C(O)c1cnc2c(cnn2Cc2ccncc2)c1Cl. The summed E-state index contributed by atoms with van der Waals surface area (Å²) < 4.78 is 1.67. The van der Waals surface area contributed by atoms with Crippen molar-refractivity contribution in [3.05, 3.63) is 53.1 Å². The maximum Gasteiger partial charge on any atom is 0.338 e. The number of carboxylic acids is 1. The molecule has 0 bridgehead atoms. The van der Waals surface area contributed by atoms with Crippen molar-refractivity contribution in [1.29, 1.82) is 0 Å². The topological polar surface area (TPSA) is 80.9 Å². The predicted molar refractivity (Wildman–Crippen MR) is 72.8 cm³/mol. The van der Waals surface area contributed by atoms with Crippen LogP contribution in [0.25, 0.3) is 11.0 Å². The maximum atomic E-state index is 11.0. The van der Waals surface area contributed by atoms with Crippen LogP contribution >= 0.6 is 11.6 Å². The molecule has 20 heavy (non-hydrogen) atoms. The van der Waals surface area contributed by atoms with Crippen molar-refractivity contribution < 1.29 is 9.90 Å². The van der Waals surface area contributed by atoms with E-state index in [1.54, 1.807) is 17.1 Å². The normalized spacial score (nSPS) is 10.8. The Morgan fingerprint density at radius 2 is 2.05 bits per heavy atom. The molecule has 3 rings (SSSR count). The lowest BCUT2D eigenvalue weighted by atomic mass is 10.2. The van der Waals surface area contributed by atoms with Crippen LogP contribution in [0.1, 0.15) is 15.9 Å². The number of carbonyl (C=O) groups is 1. The van der Waals surface area contributed by atoms with Crippen LogP contribution < -0.4 is 0 Å². The van der Waals surface area contributed by atoms with E-state index in [1.807, 2.05) is 12.1 Å². The summed E-state index contributed by atoms with van der Waals surface area (Å²) in [5.41, 5.74) is 1.55. The molecule has 7 heteroatoms. The van der Waals surface area contributed by atoms with Gasteiger partial charge in [0, 0.05) is 18.6 Å². The third-order valence-electron chi connectivity index (χ3n) is 2.91. The van der Waals surface area contributed by atoms with E-state index in [4.69, 9.17) is 16.7 Å². The van der Waals surface area contributed by atoms with Gasteiger partial charge in [0.2, 0.25) is 0 Å². The summed E-state index contributed by atoms with van der Waals surface area (Å²) >= 11 is 6.07. The van der Waals surface area contributed by atoms with Crippen LogP contribution in [0.4, 0.5) is 0 Å². The highest BCUT2D eigenvalue weighted by Crippen LogP contribution is 2.25. The Hall–Kier alpha value is -2.47. The second-order valence-electron chi connectivity index (χ2n) is 4.19. The third-order valence-corrected chi connectivity index (χ3v) is 3.32. The summed E-state index contributed by atoms with van der Waals surface area (Å²) in [6, 6.07) is 3.75. The van der Waals surface area contributed by atoms with E-state index in [9.17, 15) is 4.79 Å². The third kappa shape index (κ3) is 2.10. The van der Waals surface area contributed by atoms with Gasteiger partial charge in [0.1, 0.15) is 0 Å². The van der Waals surface area contributed by atoms with Gasteiger partial charge < -0.3 is 5.11 Å². The van der Waals surface area contributed by atoms with Crippen molar-refractivity contribution in [3.63, 3.8) is 0 Å². The Morgan fingerprint density at radius 1 is 1.30 bits per heavy atom. The largest absolute Gasteiger partial charge is 0.478 e. The number of pyridine rings is 2. The van der Waals surface area contributed by atoms with Crippen LogP contribution in [0, 0.1) is 0 Å². The van der Waals surface area contributed by atoms with Crippen LogP contribution in [-0.4, -0.2) is 30.8 Å². The molecule has 0 unspecified atom stereocenters. The van der Waals surface area contributed by atoms with E-state index in [-0.39, 0.29) is 10.6 Å². The number of fused-ring (bicyclic) bond motifs is 1. The van der Waals surface area contributed by atoms with Crippen molar-refractivity contribution in [2.75, 3.05) is 0 Å². The first-order valence-electron chi connectivity index (χ1n) is 5.79. The number of aromatic carboxylic acids is 1. The molecule has 0 atom stereocenters. The zero-order valence-electron chi connectivity index (χ0n) is 10.2. The number of carboxylic acid groups (broad SMARTS) is 1. The average Bonchev–Trinajstić information content (AvgIpc) is 2.84. The summed E-state index contributed by atoms with van der Waals surface area (Å²) in [6.07, 6.45) is 6.17. The van der Waals surface area contributed by atoms with E-state index in [0.29, 0.717) is 17.6 Å². The molecule has 6 nitrogen and oxygen atoms in total. The zero-order valence-corrected chi connectivity index (χ0v) is 10.9. The highest BCUT2D eigenvalue weighted by Gasteiger charge is 2.15. The van der Waals surface area contributed by atoms with Crippen molar-refractivity contribution in [2.45, 2.75) is 6.54 Å². The lowest BCUT2D eigenvalue weighted by Crippen LogP contribution is -2.04. The molecule has 0 spiro atoms. The van der Waals surface area contributed by atoms with Crippen LogP contribution in [0.15, 0.2) is 36.9 Å². The van der Waals surface area contributed by atoms with E-state index in [2.05, 4.69) is 15.1 Å². The number of nitrogens with zero attached hydrogens (tertiary/aromatic N) is 4. The second kappa shape index (κ2) is 4.90. The first kappa shape index (κ1) is 12.6. The van der Waals surface area contributed by atoms with Gasteiger partial charge in [0.05, 0.1) is 28.7 Å². The molecule has 0 aromatic carbocycles. The molecule has 3 aromatic rings. The van der Waals surface area contributed by atoms with Crippen LogP contribution in [0.3, 0.4) is 0 Å². The van der Waals surface area contributed by atoms with Crippen molar-refractivity contribution in [3.8, 4) is 0 Å². The van der Waals surface area contributed by atoms with Crippen molar-refractivity contribution >= 4 is 28.6 Å². The van der Waals surface area contributed by atoms with Gasteiger partial charge in [-0.15, -0.1) is 0 Å². The van der Waals surface area contributed by atoms with Crippen molar-refractivity contribution in [1.82, 2.24) is 19.7 Å². The number of hydrogen-bond acceptors (Lipinski definition) is 4. The van der Waals surface area contributed by atoms with E-state index >= 15 is 0 Å². The van der Waals surface area contributed by atoms with Crippen LogP contribution in [0.2, 0.25) is 5.02 Å². The predicted octanol–water partition coefficient (Wildman–Crippen LogP) is 2.23. The minimum atomic E-state index is -1.11. The van der Waals surface area contributed by atoms with Crippen molar-refractivity contribution in [2.24, 2.45) is 0 Å². The summed E-state index contributed by atoms with van der Waals surface area (Å²) in [5, 5.41) is 13.9. The molecule has 0 aliphatic heterocycles. The number of halogens is 1. The molecule has 0 amide bonds. The molecular weight excluding hydrogens is 280 g/mol. The summed E-state index contributed by atoms with van der Waals surface area (Å²) in [4.78, 5) is 19.1.